The molecule has 0 aliphatic carbocycles. The van der Waals surface area contributed by atoms with Gasteiger partial charge < -0.3 is 20.1 Å². The largest absolute Gasteiger partial charge is 0.472 e. The highest BCUT2D eigenvalue weighted by atomic mass is 31.2. The second-order valence-corrected chi connectivity index (χ2v) is 28.0. The van der Waals surface area contributed by atoms with Gasteiger partial charge in [-0.1, -0.05) is 396 Å². The minimum Gasteiger partial charge on any atom is -0.462 e. The molecule has 0 fully saturated rings. The van der Waals surface area contributed by atoms with Crippen LogP contribution in [0.2, 0.25) is 0 Å². The predicted molar refractivity (Wildman–Crippen MR) is 386 cm³/mol. The highest BCUT2D eigenvalue weighted by Gasteiger charge is 2.26. The van der Waals surface area contributed by atoms with Crippen LogP contribution < -0.4 is 5.73 Å². The molecule has 0 aromatic heterocycles. The molecule has 0 rings (SSSR count). The number of phosphoric ester groups is 1. The molecular formula is C79H150NO8P. The lowest BCUT2D eigenvalue weighted by atomic mass is 10.0. The summed E-state index contributed by atoms with van der Waals surface area (Å²) in [6.07, 6.45) is 96.8. The van der Waals surface area contributed by atoms with Crippen molar-refractivity contribution in [2.45, 2.75) is 418 Å². The summed E-state index contributed by atoms with van der Waals surface area (Å²) in [4.78, 5) is 35.4. The number of nitrogens with two attached hydrogens (primary N) is 1. The van der Waals surface area contributed by atoms with Gasteiger partial charge in [0, 0.05) is 19.4 Å². The molecule has 0 heterocycles. The average Bonchev–Trinajstić information content (AvgIpc) is 3.68. The smallest absolute Gasteiger partial charge is 0.462 e. The van der Waals surface area contributed by atoms with E-state index in [2.05, 4.69) is 62.5 Å². The minimum absolute atomic E-state index is 0.0565. The normalized spacial score (nSPS) is 13.1. The Hall–Kier alpha value is -2.03. The maximum absolute atomic E-state index is 12.8. The fourth-order valence-electron chi connectivity index (χ4n) is 12.0. The third-order valence-corrected chi connectivity index (χ3v) is 18.7. The average molecular weight is 1270 g/mol. The van der Waals surface area contributed by atoms with Crippen LogP contribution >= 0.6 is 7.82 Å². The number of rotatable bonds is 75. The lowest BCUT2D eigenvalue weighted by Crippen LogP contribution is -2.29. The summed E-state index contributed by atoms with van der Waals surface area (Å²) in [5.41, 5.74) is 5.41. The Morgan fingerprint density at radius 3 is 0.921 bits per heavy atom. The maximum Gasteiger partial charge on any atom is 0.472 e. The molecular weight excluding hydrogens is 1120 g/mol. The minimum atomic E-state index is -4.39. The van der Waals surface area contributed by atoms with Crippen LogP contribution in [0, 0.1) is 0 Å². The molecule has 0 amide bonds. The molecule has 3 N–H and O–H groups in total. The molecule has 2 unspecified atom stereocenters. The van der Waals surface area contributed by atoms with Crippen LogP contribution in [0.1, 0.15) is 412 Å². The van der Waals surface area contributed by atoms with Gasteiger partial charge in [-0.2, -0.15) is 0 Å². The van der Waals surface area contributed by atoms with E-state index in [4.69, 9.17) is 24.3 Å². The van der Waals surface area contributed by atoms with Gasteiger partial charge in [0.2, 0.25) is 0 Å². The van der Waals surface area contributed by atoms with Crippen molar-refractivity contribution >= 4 is 19.8 Å². The van der Waals surface area contributed by atoms with Gasteiger partial charge in [0.05, 0.1) is 13.2 Å². The SMILES string of the molecule is CC/C=C\C/C=C\C/C=C\C/C=C\CCCCCCCCCCCCCCCCCCCCCCCCCCC(=O)OC(COC(=O)CCCCCCCCCCCCCCCCCCCCCCCCCCCCCCCCC)COP(=O)(O)OCCN. The number of phosphoric acid groups is 1. The molecule has 0 spiro atoms. The van der Waals surface area contributed by atoms with Crippen molar-refractivity contribution in [2.75, 3.05) is 26.4 Å². The molecule has 0 radical (unpaired) electrons. The molecule has 0 saturated carbocycles. The van der Waals surface area contributed by atoms with Crippen molar-refractivity contribution in [1.29, 1.82) is 0 Å². The van der Waals surface area contributed by atoms with Gasteiger partial charge in [-0.15, -0.1) is 0 Å². The molecule has 0 bridgehead atoms. The lowest BCUT2D eigenvalue weighted by molar-refractivity contribution is -0.161. The monoisotopic (exact) mass is 1270 g/mol. The maximum atomic E-state index is 12.8. The predicted octanol–water partition coefficient (Wildman–Crippen LogP) is 26.0. The van der Waals surface area contributed by atoms with Crippen molar-refractivity contribution in [3.8, 4) is 0 Å². The number of carbonyl (C=O) groups excluding carboxylic acids is 2. The molecule has 0 saturated heterocycles. The number of hydrogen-bond acceptors (Lipinski definition) is 8. The Kier molecular flexibility index (Phi) is 73.3. The van der Waals surface area contributed by atoms with Crippen molar-refractivity contribution in [3.05, 3.63) is 48.6 Å². The number of ether oxygens (including phenoxy) is 2. The highest BCUT2D eigenvalue weighted by Crippen LogP contribution is 2.43. The first-order valence-electron chi connectivity index (χ1n) is 39.1. The summed E-state index contributed by atoms with van der Waals surface area (Å²) in [6, 6.07) is 0. The molecule has 10 heteroatoms. The first-order valence-corrected chi connectivity index (χ1v) is 40.6. The first-order chi connectivity index (χ1) is 43.8. The Morgan fingerprint density at radius 2 is 0.618 bits per heavy atom. The molecule has 0 aliphatic rings. The van der Waals surface area contributed by atoms with E-state index in [1.54, 1.807) is 0 Å². The zero-order valence-corrected chi connectivity index (χ0v) is 60.1. The van der Waals surface area contributed by atoms with Crippen LogP contribution in [-0.4, -0.2) is 49.3 Å². The van der Waals surface area contributed by atoms with Crippen LogP contribution in [0.15, 0.2) is 48.6 Å². The number of hydrogen-bond donors (Lipinski definition) is 2. The number of unbranched alkanes of at least 4 members (excludes halogenated alkanes) is 54. The Labute approximate surface area is 553 Å². The van der Waals surface area contributed by atoms with Crippen LogP contribution in [0.25, 0.3) is 0 Å². The molecule has 89 heavy (non-hydrogen) atoms. The molecule has 524 valence electrons. The molecule has 2 atom stereocenters. The van der Waals surface area contributed by atoms with Crippen LogP contribution in [-0.2, 0) is 32.7 Å². The molecule has 9 nitrogen and oxygen atoms in total. The summed E-state index contributed by atoms with van der Waals surface area (Å²) in [6.45, 7) is 3.72. The lowest BCUT2D eigenvalue weighted by Gasteiger charge is -2.19. The van der Waals surface area contributed by atoms with E-state index in [9.17, 15) is 19.0 Å². The molecule has 0 aromatic carbocycles. The second-order valence-electron chi connectivity index (χ2n) is 26.6. The van der Waals surface area contributed by atoms with Crippen LogP contribution in [0.4, 0.5) is 0 Å². The second kappa shape index (κ2) is 75.0. The third-order valence-electron chi connectivity index (χ3n) is 17.7. The van der Waals surface area contributed by atoms with Gasteiger partial charge >= 0.3 is 19.8 Å². The molecule has 0 aliphatic heterocycles. The van der Waals surface area contributed by atoms with Crippen molar-refractivity contribution in [2.24, 2.45) is 5.73 Å². The fourth-order valence-corrected chi connectivity index (χ4v) is 12.8. The summed E-state index contributed by atoms with van der Waals surface area (Å²) < 4.78 is 33.3. The van der Waals surface area contributed by atoms with E-state index in [1.807, 2.05) is 0 Å². The highest BCUT2D eigenvalue weighted by molar-refractivity contribution is 7.47. The quantitative estimate of drug-likeness (QED) is 0.0264. The number of esters is 2. The standard InChI is InChI=1S/C79H150NO8P/c1-3-5-7-9-11-13-15-17-19-21-23-25-27-29-31-33-35-36-37-38-39-40-42-44-46-48-50-52-54-56-58-60-62-64-66-68-70-72-79(82)88-77(76-87-89(83,84)86-74-73-80)75-85-78(81)71-69-67-65-63-61-59-57-55-53-51-49-47-45-43-41-34-32-30-28-26-24-22-20-18-16-14-12-10-8-6-4-2/h5,7,11,13,17,19,23,25,77H,3-4,6,8-10,12,14-16,18,20-22,24,26-76,80H2,1-2H3,(H,83,84)/b7-5-,13-11-,19-17-,25-23-. The van der Waals surface area contributed by atoms with Crippen molar-refractivity contribution in [1.82, 2.24) is 0 Å². The third kappa shape index (κ3) is 74.9. The first kappa shape index (κ1) is 87.0. The summed E-state index contributed by atoms with van der Waals surface area (Å²) in [7, 11) is -4.39. The van der Waals surface area contributed by atoms with Gasteiger partial charge in [0.15, 0.2) is 6.10 Å². The van der Waals surface area contributed by atoms with Crippen molar-refractivity contribution in [3.63, 3.8) is 0 Å². The zero-order chi connectivity index (χ0) is 64.4. The van der Waals surface area contributed by atoms with Crippen LogP contribution in [0.5, 0.6) is 0 Å². The Bertz CT molecular complexity index is 1600. The molecule has 0 aromatic rings. The zero-order valence-electron chi connectivity index (χ0n) is 59.2. The van der Waals surface area contributed by atoms with Gasteiger partial charge in [0.1, 0.15) is 6.61 Å². The van der Waals surface area contributed by atoms with Crippen LogP contribution in [0.3, 0.4) is 0 Å². The van der Waals surface area contributed by atoms with Gasteiger partial charge in [0.25, 0.3) is 0 Å². The van der Waals surface area contributed by atoms with E-state index < -0.39 is 26.5 Å². The van der Waals surface area contributed by atoms with E-state index in [-0.39, 0.29) is 38.6 Å². The summed E-state index contributed by atoms with van der Waals surface area (Å²) in [5.74, 6) is -0.800. The van der Waals surface area contributed by atoms with Gasteiger partial charge in [-0.05, 0) is 51.4 Å². The number of allylic oxidation sites excluding steroid dienone is 8. The van der Waals surface area contributed by atoms with Gasteiger partial charge in [-0.3, -0.25) is 18.6 Å². The van der Waals surface area contributed by atoms with Crippen molar-refractivity contribution < 1.29 is 37.6 Å². The number of carbonyl (C=O) groups is 2. The Morgan fingerprint density at radius 1 is 0.348 bits per heavy atom. The van der Waals surface area contributed by atoms with E-state index in [1.165, 1.54) is 321 Å². The van der Waals surface area contributed by atoms with Gasteiger partial charge in [-0.25, -0.2) is 4.57 Å². The topological polar surface area (TPSA) is 134 Å². The summed E-state index contributed by atoms with van der Waals surface area (Å²) >= 11 is 0. The Balaban J connectivity index is 3.75. The summed E-state index contributed by atoms with van der Waals surface area (Å²) in [5, 5.41) is 0. The van der Waals surface area contributed by atoms with E-state index in [0.717, 1.165) is 57.8 Å². The van der Waals surface area contributed by atoms with E-state index >= 15 is 0 Å². The van der Waals surface area contributed by atoms with E-state index in [0.29, 0.717) is 6.42 Å². The fraction of sp³-hybridized carbons (Fsp3) is 0.873.